The topological polar surface area (TPSA) is 61.1 Å². The summed E-state index contributed by atoms with van der Waals surface area (Å²) in [6.07, 6.45) is 1.52. The van der Waals surface area contributed by atoms with Crippen LogP contribution >= 0.6 is 15.9 Å². The van der Waals surface area contributed by atoms with E-state index in [0.717, 1.165) is 30.1 Å². The fourth-order valence-corrected chi connectivity index (χ4v) is 2.39. The fraction of sp³-hybridized carbons (Fsp3) is 0.467. The Balaban J connectivity index is 1.93. The highest BCUT2D eigenvalue weighted by Gasteiger charge is 2.25. The van der Waals surface area contributed by atoms with Crippen molar-refractivity contribution in [2.75, 3.05) is 39.3 Å². The van der Waals surface area contributed by atoms with E-state index in [4.69, 9.17) is 4.42 Å². The zero-order chi connectivity index (χ0) is 15.9. The molecule has 1 aromatic heterocycles. The number of nitrogens with zero attached hydrogens (tertiary/aromatic N) is 3. The van der Waals surface area contributed by atoms with E-state index in [0.29, 0.717) is 25.4 Å². The second-order valence-electron chi connectivity index (χ2n) is 4.94. The van der Waals surface area contributed by atoms with Crippen LogP contribution in [0.5, 0.6) is 0 Å². The van der Waals surface area contributed by atoms with Crippen molar-refractivity contribution in [3.8, 4) is 0 Å². The summed E-state index contributed by atoms with van der Waals surface area (Å²) in [7, 11) is 0. The van der Waals surface area contributed by atoms with Crippen molar-refractivity contribution in [3.63, 3.8) is 0 Å². The first-order chi connectivity index (χ1) is 10.6. The predicted molar refractivity (Wildman–Crippen MR) is 90.2 cm³/mol. The van der Waals surface area contributed by atoms with Crippen LogP contribution in [0.25, 0.3) is 0 Å². The van der Waals surface area contributed by atoms with Crippen LogP contribution in [-0.4, -0.2) is 60.9 Å². The van der Waals surface area contributed by atoms with Crippen molar-refractivity contribution in [1.82, 2.24) is 15.1 Å². The summed E-state index contributed by atoms with van der Waals surface area (Å²) in [5.41, 5.74) is 0. The van der Waals surface area contributed by atoms with Gasteiger partial charge in [0.25, 0.3) is 5.91 Å². The number of amides is 1. The molecular formula is C15H21BrN4O2. The number of hydrogen-bond donors (Lipinski definition) is 1. The van der Waals surface area contributed by atoms with Gasteiger partial charge in [0.1, 0.15) is 0 Å². The quantitative estimate of drug-likeness (QED) is 0.651. The molecule has 1 amide bonds. The molecule has 1 N–H and O–H groups in total. The molecule has 22 heavy (non-hydrogen) atoms. The lowest BCUT2D eigenvalue weighted by Crippen LogP contribution is -2.53. The molecule has 7 heteroatoms. The molecule has 0 saturated carbocycles. The van der Waals surface area contributed by atoms with Gasteiger partial charge in [-0.1, -0.05) is 22.5 Å². The lowest BCUT2D eigenvalue weighted by atomic mass is 10.3. The summed E-state index contributed by atoms with van der Waals surface area (Å²) < 4.78 is 6.01. The lowest BCUT2D eigenvalue weighted by molar-refractivity contribution is 0.0658. The van der Waals surface area contributed by atoms with Crippen LogP contribution in [0.1, 0.15) is 17.5 Å². The maximum atomic E-state index is 12.2. The molecule has 0 bridgehead atoms. The van der Waals surface area contributed by atoms with Gasteiger partial charge in [-0.15, -0.1) is 0 Å². The molecule has 0 radical (unpaired) electrons. The molecule has 1 aliphatic heterocycles. The van der Waals surface area contributed by atoms with Crippen molar-refractivity contribution >= 4 is 27.8 Å². The third kappa shape index (κ3) is 4.37. The third-order valence-corrected chi connectivity index (χ3v) is 3.58. The second-order valence-corrected chi connectivity index (χ2v) is 6.07. The Kier molecular flexibility index (Phi) is 6.06. The van der Waals surface area contributed by atoms with Gasteiger partial charge in [0.2, 0.25) is 0 Å². The molecule has 0 aromatic carbocycles. The number of halogens is 1. The summed E-state index contributed by atoms with van der Waals surface area (Å²) in [4.78, 5) is 20.7. The summed E-state index contributed by atoms with van der Waals surface area (Å²) in [5, 5.41) is 3.27. The summed E-state index contributed by atoms with van der Waals surface area (Å²) in [5.74, 6) is 1.19. The van der Waals surface area contributed by atoms with E-state index in [1.54, 1.807) is 12.1 Å². The Bertz CT molecular complexity index is 534. The van der Waals surface area contributed by atoms with Crippen LogP contribution in [0.3, 0.4) is 0 Å². The molecular weight excluding hydrogens is 348 g/mol. The van der Waals surface area contributed by atoms with Gasteiger partial charge < -0.3 is 19.5 Å². The number of furan rings is 1. The number of carbonyl (C=O) groups is 1. The number of piperazine rings is 1. The number of hydrogen-bond acceptors (Lipinski definition) is 3. The number of aliphatic imine (C=N–C) groups is 1. The summed E-state index contributed by atoms with van der Waals surface area (Å²) in [6, 6.07) is 3.43. The van der Waals surface area contributed by atoms with Gasteiger partial charge in [-0.05, 0) is 19.1 Å². The number of rotatable bonds is 4. The van der Waals surface area contributed by atoms with E-state index in [2.05, 4.69) is 37.7 Å². The Labute approximate surface area is 139 Å². The first kappa shape index (κ1) is 16.6. The van der Waals surface area contributed by atoms with E-state index in [1.165, 1.54) is 6.26 Å². The third-order valence-electron chi connectivity index (χ3n) is 3.33. The van der Waals surface area contributed by atoms with Crippen LogP contribution in [0.15, 0.2) is 38.9 Å². The van der Waals surface area contributed by atoms with E-state index in [-0.39, 0.29) is 5.91 Å². The summed E-state index contributed by atoms with van der Waals surface area (Å²) >= 11 is 3.32. The monoisotopic (exact) mass is 368 g/mol. The van der Waals surface area contributed by atoms with Crippen LogP contribution in [-0.2, 0) is 0 Å². The largest absolute Gasteiger partial charge is 0.459 e. The second kappa shape index (κ2) is 8.03. The number of guanidine groups is 1. The normalized spacial score (nSPS) is 15.8. The van der Waals surface area contributed by atoms with Crippen molar-refractivity contribution in [2.24, 2.45) is 4.99 Å². The molecule has 2 heterocycles. The van der Waals surface area contributed by atoms with E-state index < -0.39 is 0 Å². The minimum atomic E-state index is -0.0552. The van der Waals surface area contributed by atoms with Gasteiger partial charge in [0, 0.05) is 37.2 Å². The van der Waals surface area contributed by atoms with Crippen molar-refractivity contribution in [2.45, 2.75) is 6.92 Å². The smallest absolute Gasteiger partial charge is 0.289 e. The predicted octanol–water partition coefficient (Wildman–Crippen LogP) is 1.91. The maximum Gasteiger partial charge on any atom is 0.289 e. The molecule has 2 rings (SSSR count). The molecule has 6 nitrogen and oxygen atoms in total. The SMILES string of the molecule is C=C(Br)CN=C(NCC)N1CCN(C(=O)c2ccco2)CC1. The van der Waals surface area contributed by atoms with Gasteiger partial charge in [0.05, 0.1) is 12.8 Å². The Hall–Kier alpha value is -1.76. The minimum Gasteiger partial charge on any atom is -0.459 e. The Morgan fingerprint density at radius 1 is 1.41 bits per heavy atom. The Morgan fingerprint density at radius 3 is 2.64 bits per heavy atom. The zero-order valence-corrected chi connectivity index (χ0v) is 14.3. The lowest BCUT2D eigenvalue weighted by Gasteiger charge is -2.36. The fourth-order valence-electron chi connectivity index (χ4n) is 2.26. The van der Waals surface area contributed by atoms with Gasteiger partial charge in [-0.25, -0.2) is 4.99 Å². The average molecular weight is 369 g/mol. The Morgan fingerprint density at radius 2 is 2.09 bits per heavy atom. The van der Waals surface area contributed by atoms with Crippen molar-refractivity contribution < 1.29 is 9.21 Å². The molecule has 0 aliphatic carbocycles. The highest BCUT2D eigenvalue weighted by molar-refractivity contribution is 9.11. The minimum absolute atomic E-state index is 0.0552. The number of nitrogens with one attached hydrogen (secondary N) is 1. The van der Waals surface area contributed by atoms with E-state index in [9.17, 15) is 4.79 Å². The molecule has 1 aliphatic rings. The first-order valence-electron chi connectivity index (χ1n) is 7.31. The van der Waals surface area contributed by atoms with Crippen LogP contribution < -0.4 is 5.32 Å². The van der Waals surface area contributed by atoms with Gasteiger partial charge in [-0.2, -0.15) is 0 Å². The average Bonchev–Trinajstić information content (AvgIpc) is 3.05. The van der Waals surface area contributed by atoms with E-state index in [1.807, 2.05) is 11.8 Å². The van der Waals surface area contributed by atoms with E-state index >= 15 is 0 Å². The molecule has 1 fully saturated rings. The highest BCUT2D eigenvalue weighted by atomic mass is 79.9. The van der Waals surface area contributed by atoms with Gasteiger partial charge >= 0.3 is 0 Å². The van der Waals surface area contributed by atoms with Crippen LogP contribution in [0.4, 0.5) is 0 Å². The molecule has 0 spiro atoms. The molecule has 1 saturated heterocycles. The standard InChI is InChI=1S/C15H21BrN4O2/c1-3-17-15(18-11-12(2)16)20-8-6-19(7-9-20)14(21)13-5-4-10-22-13/h4-5,10H,2-3,6-9,11H2,1H3,(H,17,18). The molecule has 0 unspecified atom stereocenters. The van der Waals surface area contributed by atoms with Crippen molar-refractivity contribution in [1.29, 1.82) is 0 Å². The first-order valence-corrected chi connectivity index (χ1v) is 8.10. The summed E-state index contributed by atoms with van der Waals surface area (Å²) in [6.45, 7) is 9.96. The molecule has 120 valence electrons. The molecule has 1 aromatic rings. The highest BCUT2D eigenvalue weighted by Crippen LogP contribution is 2.10. The number of carbonyl (C=O) groups excluding carboxylic acids is 1. The zero-order valence-electron chi connectivity index (χ0n) is 12.7. The van der Waals surface area contributed by atoms with Crippen LogP contribution in [0.2, 0.25) is 0 Å². The maximum absolute atomic E-state index is 12.2. The van der Waals surface area contributed by atoms with Crippen LogP contribution in [0, 0.1) is 0 Å². The van der Waals surface area contributed by atoms with Gasteiger partial charge in [0.15, 0.2) is 11.7 Å². The molecule has 0 atom stereocenters. The van der Waals surface area contributed by atoms with Gasteiger partial charge in [-0.3, -0.25) is 4.79 Å². The van der Waals surface area contributed by atoms with Crippen molar-refractivity contribution in [3.05, 3.63) is 35.2 Å².